The van der Waals surface area contributed by atoms with Crippen LogP contribution in [0.25, 0.3) is 11.3 Å². The summed E-state index contributed by atoms with van der Waals surface area (Å²) in [5.74, 6) is -3.81. The molecule has 4 N–H and O–H groups in total. The predicted octanol–water partition coefficient (Wildman–Crippen LogP) is 4.14. The Morgan fingerprint density at radius 2 is 1.89 bits per heavy atom. The van der Waals surface area contributed by atoms with Crippen LogP contribution in [0.15, 0.2) is 42.7 Å². The minimum atomic E-state index is -1.19. The molecule has 1 amide bonds. The van der Waals surface area contributed by atoms with Gasteiger partial charge in [0.1, 0.15) is 40.2 Å². The van der Waals surface area contributed by atoms with Gasteiger partial charge in [-0.2, -0.15) is 0 Å². The maximum Gasteiger partial charge on any atom is 0.274 e. The topological polar surface area (TPSA) is 120 Å². The van der Waals surface area contributed by atoms with Gasteiger partial charge < -0.3 is 25.6 Å². The number of ether oxygens (including phenoxy) is 2. The molecule has 1 saturated carbocycles. The Hall–Kier alpha value is -3.54. The van der Waals surface area contributed by atoms with E-state index in [0.29, 0.717) is 17.7 Å². The summed E-state index contributed by atoms with van der Waals surface area (Å²) >= 11 is 0. The largest absolute Gasteiger partial charge is 0.497 e. The molecule has 2 fully saturated rings. The highest BCUT2D eigenvalue weighted by Crippen LogP contribution is 2.47. The minimum absolute atomic E-state index is 0.0859. The average Bonchev–Trinajstić information content (AvgIpc) is 3.71. The molecule has 3 aromatic rings. The van der Waals surface area contributed by atoms with Crippen LogP contribution in [0.4, 0.5) is 18.9 Å². The number of pyridine rings is 2. The molecule has 2 aromatic heterocycles. The lowest BCUT2D eigenvalue weighted by molar-refractivity contribution is -0.186. The first-order valence-corrected chi connectivity index (χ1v) is 12.2. The van der Waals surface area contributed by atoms with Crippen LogP contribution in [-0.4, -0.2) is 45.8 Å². The van der Waals surface area contributed by atoms with E-state index in [2.05, 4.69) is 15.3 Å². The number of anilines is 1. The van der Waals surface area contributed by atoms with Gasteiger partial charge in [-0.25, -0.2) is 18.2 Å². The maximum atomic E-state index is 14.6. The number of aromatic nitrogens is 2. The van der Waals surface area contributed by atoms with Gasteiger partial charge in [-0.15, -0.1) is 0 Å². The molecule has 3 heterocycles. The normalized spacial score (nSPS) is 25.2. The highest BCUT2D eigenvalue weighted by Gasteiger charge is 2.52. The zero-order valence-electron chi connectivity index (χ0n) is 20.7. The van der Waals surface area contributed by atoms with E-state index in [4.69, 9.17) is 15.2 Å². The van der Waals surface area contributed by atoms with Gasteiger partial charge in [0.2, 0.25) is 0 Å². The van der Waals surface area contributed by atoms with Gasteiger partial charge >= 0.3 is 0 Å². The van der Waals surface area contributed by atoms with Gasteiger partial charge in [0, 0.05) is 29.9 Å². The number of benzene rings is 1. The Morgan fingerprint density at radius 3 is 2.55 bits per heavy atom. The maximum absolute atomic E-state index is 14.6. The van der Waals surface area contributed by atoms with E-state index in [9.17, 15) is 23.1 Å². The van der Waals surface area contributed by atoms with Crippen molar-refractivity contribution in [2.24, 2.45) is 11.7 Å². The Labute approximate surface area is 217 Å². The second-order valence-corrected chi connectivity index (χ2v) is 9.86. The van der Waals surface area contributed by atoms with E-state index < -0.39 is 58.5 Å². The standard InChI is InChI=1S/C27H27F3N4O4/c1-27(36)22(31)11-21(38-25(27)13-3-4-13)15-7-8-32-12-20(15)34-26(35)19-6-5-16(28)24(33-19)23-17(29)9-14(37-2)10-18(23)30/h5-10,12-13,21-22,25,36H,3-4,11,31H2,1-2H3,(H,34,35)/t21-,22-,25-,27+/m1/s1. The fourth-order valence-corrected chi connectivity index (χ4v) is 4.85. The van der Waals surface area contributed by atoms with Gasteiger partial charge in [0.05, 0.1) is 36.8 Å². The van der Waals surface area contributed by atoms with Crippen molar-refractivity contribution in [2.45, 2.75) is 50.0 Å². The molecule has 38 heavy (non-hydrogen) atoms. The molecule has 1 aromatic carbocycles. The molecule has 4 atom stereocenters. The monoisotopic (exact) mass is 528 g/mol. The number of methoxy groups -OCH3 is 1. The number of nitrogens with zero attached hydrogens (tertiary/aromatic N) is 2. The number of halogens is 3. The number of carbonyl (C=O) groups excluding carboxylic acids is 1. The Kier molecular flexibility index (Phi) is 6.84. The van der Waals surface area contributed by atoms with Gasteiger partial charge in [0.25, 0.3) is 5.91 Å². The lowest BCUT2D eigenvalue weighted by Crippen LogP contribution is -2.60. The summed E-state index contributed by atoms with van der Waals surface area (Å²) in [5.41, 5.74) is 4.39. The molecule has 11 heteroatoms. The molecule has 5 rings (SSSR count). The molecule has 1 saturated heterocycles. The number of carbonyl (C=O) groups is 1. The van der Waals surface area contributed by atoms with Gasteiger partial charge in [0.15, 0.2) is 0 Å². The van der Waals surface area contributed by atoms with Crippen molar-refractivity contribution < 1.29 is 32.5 Å². The zero-order chi connectivity index (χ0) is 27.2. The molecule has 1 aliphatic carbocycles. The number of hydrogen-bond acceptors (Lipinski definition) is 7. The molecule has 0 unspecified atom stereocenters. The molecule has 2 aliphatic rings. The quantitative estimate of drug-likeness (QED) is 0.440. The van der Waals surface area contributed by atoms with Crippen molar-refractivity contribution in [2.75, 3.05) is 12.4 Å². The fourth-order valence-electron chi connectivity index (χ4n) is 4.85. The van der Waals surface area contributed by atoms with Crippen molar-refractivity contribution in [3.8, 4) is 17.0 Å². The van der Waals surface area contributed by atoms with Gasteiger partial charge in [-0.3, -0.25) is 9.78 Å². The third-order valence-corrected chi connectivity index (χ3v) is 7.17. The highest BCUT2D eigenvalue weighted by atomic mass is 19.1. The van der Waals surface area contributed by atoms with Crippen LogP contribution < -0.4 is 15.8 Å². The second-order valence-electron chi connectivity index (χ2n) is 9.86. The third kappa shape index (κ3) is 4.84. The lowest BCUT2D eigenvalue weighted by Gasteiger charge is -2.45. The molecular weight excluding hydrogens is 501 g/mol. The number of nitrogens with two attached hydrogens (primary N) is 1. The summed E-state index contributed by atoms with van der Waals surface area (Å²) in [4.78, 5) is 21.1. The van der Waals surface area contributed by atoms with Crippen LogP contribution >= 0.6 is 0 Å². The molecule has 8 nitrogen and oxygen atoms in total. The highest BCUT2D eigenvalue weighted by molar-refractivity contribution is 6.03. The van der Waals surface area contributed by atoms with E-state index >= 15 is 0 Å². The molecule has 1 aliphatic heterocycles. The fraction of sp³-hybridized carbons (Fsp3) is 0.370. The number of hydrogen-bond donors (Lipinski definition) is 3. The van der Waals surface area contributed by atoms with E-state index in [0.717, 1.165) is 37.1 Å². The lowest BCUT2D eigenvalue weighted by atomic mass is 9.80. The molecule has 0 bridgehead atoms. The van der Waals surface area contributed by atoms with Crippen LogP contribution in [0.5, 0.6) is 5.75 Å². The SMILES string of the molecule is COc1cc(F)c(-c2nc(C(=O)Nc3cnccc3[C@H]3C[C@@H](N)[C@](C)(O)[C@@H](C4CC4)O3)ccc2F)c(F)c1. The molecule has 0 spiro atoms. The summed E-state index contributed by atoms with van der Waals surface area (Å²) in [6.45, 7) is 1.68. The van der Waals surface area contributed by atoms with Crippen LogP contribution in [-0.2, 0) is 4.74 Å². The number of nitrogens with one attached hydrogen (secondary N) is 1. The third-order valence-electron chi connectivity index (χ3n) is 7.17. The van der Waals surface area contributed by atoms with Crippen molar-refractivity contribution in [3.63, 3.8) is 0 Å². The first kappa shape index (κ1) is 26.1. The predicted molar refractivity (Wildman–Crippen MR) is 132 cm³/mol. The summed E-state index contributed by atoms with van der Waals surface area (Å²) < 4.78 is 54.9. The molecular formula is C27H27F3N4O4. The van der Waals surface area contributed by atoms with Crippen molar-refractivity contribution >= 4 is 11.6 Å². The van der Waals surface area contributed by atoms with E-state index in [-0.39, 0.29) is 17.4 Å². The summed E-state index contributed by atoms with van der Waals surface area (Å²) in [6, 6.07) is 4.94. The Balaban J connectivity index is 1.43. The van der Waals surface area contributed by atoms with Crippen molar-refractivity contribution in [1.82, 2.24) is 9.97 Å². The summed E-state index contributed by atoms with van der Waals surface area (Å²) in [5, 5.41) is 13.6. The number of aliphatic hydroxyl groups is 1. The van der Waals surface area contributed by atoms with Crippen LogP contribution in [0.1, 0.15) is 48.3 Å². The Bertz CT molecular complexity index is 1360. The minimum Gasteiger partial charge on any atom is -0.497 e. The summed E-state index contributed by atoms with van der Waals surface area (Å²) in [6.07, 6.45) is 4.17. The van der Waals surface area contributed by atoms with Gasteiger partial charge in [-0.05, 0) is 50.3 Å². The molecule has 200 valence electrons. The van der Waals surface area contributed by atoms with E-state index in [1.165, 1.54) is 13.3 Å². The first-order chi connectivity index (χ1) is 18.1. The first-order valence-electron chi connectivity index (χ1n) is 12.2. The van der Waals surface area contributed by atoms with Crippen LogP contribution in [0, 0.1) is 23.4 Å². The van der Waals surface area contributed by atoms with Crippen LogP contribution in [0.2, 0.25) is 0 Å². The smallest absolute Gasteiger partial charge is 0.274 e. The number of amides is 1. The van der Waals surface area contributed by atoms with Crippen LogP contribution in [0.3, 0.4) is 0 Å². The number of rotatable bonds is 6. The summed E-state index contributed by atoms with van der Waals surface area (Å²) in [7, 11) is 1.24. The van der Waals surface area contributed by atoms with Gasteiger partial charge in [-0.1, -0.05) is 0 Å². The second kappa shape index (κ2) is 9.97. The Morgan fingerprint density at radius 1 is 1.18 bits per heavy atom. The zero-order valence-corrected chi connectivity index (χ0v) is 20.7. The molecule has 0 radical (unpaired) electrons. The average molecular weight is 529 g/mol. The van der Waals surface area contributed by atoms with E-state index in [1.54, 1.807) is 19.2 Å². The van der Waals surface area contributed by atoms with E-state index in [1.807, 2.05) is 0 Å². The van der Waals surface area contributed by atoms with Crippen molar-refractivity contribution in [1.29, 1.82) is 0 Å². The van der Waals surface area contributed by atoms with Crippen molar-refractivity contribution in [3.05, 3.63) is 71.4 Å².